The standard InChI is InChI=1S/C13H17BrFNO/c1-16-6-2-5-13(8-17-9-13)11-7-10(14)3-4-12(11)15/h3-4,7,16H,2,5-6,8-9H2,1H3. The summed E-state index contributed by atoms with van der Waals surface area (Å²) in [6, 6.07) is 5.15. The summed E-state index contributed by atoms with van der Waals surface area (Å²) in [5, 5.41) is 3.12. The van der Waals surface area contributed by atoms with E-state index in [1.54, 1.807) is 6.07 Å². The van der Waals surface area contributed by atoms with Gasteiger partial charge in [0.05, 0.1) is 13.2 Å². The Balaban J connectivity index is 2.18. The molecular formula is C13H17BrFNO. The highest BCUT2D eigenvalue weighted by Crippen LogP contribution is 2.39. The molecular weight excluding hydrogens is 285 g/mol. The highest BCUT2D eigenvalue weighted by atomic mass is 79.9. The van der Waals surface area contributed by atoms with Gasteiger partial charge in [0.1, 0.15) is 5.82 Å². The molecule has 2 nitrogen and oxygen atoms in total. The molecule has 17 heavy (non-hydrogen) atoms. The van der Waals surface area contributed by atoms with Crippen LogP contribution < -0.4 is 5.32 Å². The molecule has 1 saturated heterocycles. The molecule has 0 aromatic heterocycles. The SMILES string of the molecule is CNCCCC1(c2cc(Br)ccc2F)COC1. The van der Waals surface area contributed by atoms with Crippen molar-refractivity contribution in [1.82, 2.24) is 5.32 Å². The van der Waals surface area contributed by atoms with Gasteiger partial charge in [-0.05, 0) is 50.2 Å². The maximum atomic E-state index is 13.9. The minimum absolute atomic E-state index is 0.120. The molecule has 2 rings (SSSR count). The van der Waals surface area contributed by atoms with E-state index in [2.05, 4.69) is 21.2 Å². The van der Waals surface area contributed by atoms with Crippen molar-refractivity contribution >= 4 is 15.9 Å². The van der Waals surface area contributed by atoms with Crippen LogP contribution in [0.2, 0.25) is 0 Å². The van der Waals surface area contributed by atoms with Gasteiger partial charge in [-0.15, -0.1) is 0 Å². The Kier molecular flexibility index (Phi) is 4.17. The minimum atomic E-state index is -0.124. The van der Waals surface area contributed by atoms with Gasteiger partial charge in [-0.25, -0.2) is 4.39 Å². The molecule has 1 aromatic carbocycles. The third-order valence-electron chi connectivity index (χ3n) is 3.34. The quantitative estimate of drug-likeness (QED) is 0.845. The third kappa shape index (κ3) is 2.69. The van der Waals surface area contributed by atoms with Gasteiger partial charge >= 0.3 is 0 Å². The summed E-state index contributed by atoms with van der Waals surface area (Å²) in [5.41, 5.74) is 0.666. The molecule has 1 heterocycles. The van der Waals surface area contributed by atoms with Gasteiger partial charge in [0, 0.05) is 9.89 Å². The van der Waals surface area contributed by atoms with E-state index in [4.69, 9.17) is 4.74 Å². The average Bonchev–Trinajstić information content (AvgIpc) is 2.26. The highest BCUT2D eigenvalue weighted by Gasteiger charge is 2.41. The Morgan fingerprint density at radius 3 is 2.82 bits per heavy atom. The van der Waals surface area contributed by atoms with E-state index in [9.17, 15) is 4.39 Å². The number of nitrogens with one attached hydrogen (secondary N) is 1. The first-order valence-electron chi connectivity index (χ1n) is 5.86. The molecule has 0 bridgehead atoms. The fourth-order valence-electron chi connectivity index (χ4n) is 2.29. The Morgan fingerprint density at radius 1 is 1.47 bits per heavy atom. The van der Waals surface area contributed by atoms with E-state index in [-0.39, 0.29) is 11.2 Å². The Labute approximate surface area is 110 Å². The zero-order chi connectivity index (χ0) is 12.3. The van der Waals surface area contributed by atoms with Crippen molar-refractivity contribution in [2.45, 2.75) is 18.3 Å². The van der Waals surface area contributed by atoms with E-state index in [0.717, 1.165) is 29.4 Å². The predicted octanol–water partition coefficient (Wildman–Crippen LogP) is 2.86. The van der Waals surface area contributed by atoms with Gasteiger partial charge in [-0.1, -0.05) is 15.9 Å². The maximum absolute atomic E-state index is 13.9. The molecule has 4 heteroatoms. The van der Waals surface area contributed by atoms with Crippen molar-refractivity contribution in [2.75, 3.05) is 26.8 Å². The van der Waals surface area contributed by atoms with E-state index >= 15 is 0 Å². The molecule has 1 N–H and O–H groups in total. The molecule has 1 aliphatic rings. The van der Waals surface area contributed by atoms with Crippen molar-refractivity contribution in [3.63, 3.8) is 0 Å². The molecule has 0 spiro atoms. The molecule has 0 atom stereocenters. The zero-order valence-corrected chi connectivity index (χ0v) is 11.5. The Morgan fingerprint density at radius 2 is 2.24 bits per heavy atom. The lowest BCUT2D eigenvalue weighted by Crippen LogP contribution is -2.47. The number of rotatable bonds is 5. The second-order valence-corrected chi connectivity index (χ2v) is 5.52. The largest absolute Gasteiger partial charge is 0.379 e. The Bertz CT molecular complexity index is 393. The van der Waals surface area contributed by atoms with Crippen LogP contribution in [0.5, 0.6) is 0 Å². The predicted molar refractivity (Wildman–Crippen MR) is 69.8 cm³/mol. The van der Waals surface area contributed by atoms with Gasteiger partial charge in [0.2, 0.25) is 0 Å². The summed E-state index contributed by atoms with van der Waals surface area (Å²) in [6.45, 7) is 2.21. The van der Waals surface area contributed by atoms with Gasteiger partial charge in [-0.2, -0.15) is 0 Å². The summed E-state index contributed by atoms with van der Waals surface area (Å²) in [4.78, 5) is 0. The molecule has 0 unspecified atom stereocenters. The fourth-order valence-corrected chi connectivity index (χ4v) is 2.65. The smallest absolute Gasteiger partial charge is 0.127 e. The van der Waals surface area contributed by atoms with Crippen LogP contribution in [0, 0.1) is 5.82 Å². The van der Waals surface area contributed by atoms with Gasteiger partial charge in [0.15, 0.2) is 0 Å². The lowest BCUT2D eigenvalue weighted by atomic mass is 9.75. The van der Waals surface area contributed by atoms with Crippen LogP contribution in [0.25, 0.3) is 0 Å². The van der Waals surface area contributed by atoms with Crippen LogP contribution in [-0.2, 0) is 10.2 Å². The molecule has 0 amide bonds. The van der Waals surface area contributed by atoms with E-state index < -0.39 is 0 Å². The van der Waals surface area contributed by atoms with Crippen LogP contribution in [0.1, 0.15) is 18.4 Å². The van der Waals surface area contributed by atoms with Gasteiger partial charge in [0.25, 0.3) is 0 Å². The van der Waals surface area contributed by atoms with Crippen LogP contribution in [0.3, 0.4) is 0 Å². The van der Waals surface area contributed by atoms with Gasteiger partial charge in [-0.3, -0.25) is 0 Å². The minimum Gasteiger partial charge on any atom is -0.379 e. The molecule has 0 saturated carbocycles. The topological polar surface area (TPSA) is 21.3 Å². The molecule has 1 fully saturated rings. The second kappa shape index (κ2) is 5.46. The summed E-state index contributed by atoms with van der Waals surface area (Å²) in [6.07, 6.45) is 1.99. The van der Waals surface area contributed by atoms with E-state index in [1.165, 1.54) is 6.07 Å². The normalized spacial score (nSPS) is 17.8. The number of hydrogen-bond donors (Lipinski definition) is 1. The summed E-state index contributed by atoms with van der Waals surface area (Å²) in [5.74, 6) is -0.124. The van der Waals surface area contributed by atoms with Crippen LogP contribution in [0.4, 0.5) is 4.39 Å². The number of halogens is 2. The molecule has 1 aromatic rings. The molecule has 1 aliphatic heterocycles. The van der Waals surface area contributed by atoms with Gasteiger partial charge < -0.3 is 10.1 Å². The van der Waals surface area contributed by atoms with Crippen LogP contribution in [-0.4, -0.2) is 26.8 Å². The summed E-state index contributed by atoms with van der Waals surface area (Å²) in [7, 11) is 1.93. The fraction of sp³-hybridized carbons (Fsp3) is 0.538. The van der Waals surface area contributed by atoms with Crippen molar-refractivity contribution in [1.29, 1.82) is 0 Å². The average molecular weight is 302 g/mol. The first-order chi connectivity index (χ1) is 8.18. The van der Waals surface area contributed by atoms with Crippen molar-refractivity contribution < 1.29 is 9.13 Å². The van der Waals surface area contributed by atoms with Crippen molar-refractivity contribution in [2.24, 2.45) is 0 Å². The molecule has 0 radical (unpaired) electrons. The van der Waals surface area contributed by atoms with Crippen molar-refractivity contribution in [3.8, 4) is 0 Å². The first kappa shape index (κ1) is 13.0. The second-order valence-electron chi connectivity index (χ2n) is 4.60. The highest BCUT2D eigenvalue weighted by molar-refractivity contribution is 9.10. The third-order valence-corrected chi connectivity index (χ3v) is 3.83. The maximum Gasteiger partial charge on any atom is 0.127 e. The number of ether oxygens (including phenoxy) is 1. The first-order valence-corrected chi connectivity index (χ1v) is 6.65. The summed E-state index contributed by atoms with van der Waals surface area (Å²) >= 11 is 3.40. The molecule has 94 valence electrons. The van der Waals surface area contributed by atoms with Crippen LogP contribution in [0.15, 0.2) is 22.7 Å². The van der Waals surface area contributed by atoms with E-state index in [0.29, 0.717) is 13.2 Å². The zero-order valence-electron chi connectivity index (χ0n) is 9.93. The molecule has 0 aliphatic carbocycles. The lowest BCUT2D eigenvalue weighted by molar-refractivity contribution is -0.0666. The summed E-state index contributed by atoms with van der Waals surface area (Å²) < 4.78 is 20.1. The van der Waals surface area contributed by atoms with Crippen molar-refractivity contribution in [3.05, 3.63) is 34.1 Å². The lowest BCUT2D eigenvalue weighted by Gasteiger charge is -2.42. The monoisotopic (exact) mass is 301 g/mol. The van der Waals surface area contributed by atoms with Crippen LogP contribution >= 0.6 is 15.9 Å². The number of benzene rings is 1. The Hall–Kier alpha value is -0.450. The number of hydrogen-bond acceptors (Lipinski definition) is 2. The van der Waals surface area contributed by atoms with E-state index in [1.807, 2.05) is 13.1 Å².